The fraction of sp³-hybridized carbons (Fsp3) is 0.0645. The maximum absolute atomic E-state index is 15.0. The summed E-state index contributed by atoms with van der Waals surface area (Å²) in [7, 11) is -6.69. The number of para-hydroxylation sites is 1. The van der Waals surface area contributed by atoms with Crippen molar-refractivity contribution in [3.8, 4) is 57.5 Å². The molecule has 0 aliphatic heterocycles. The van der Waals surface area contributed by atoms with E-state index in [0.29, 0.717) is 79.6 Å². The summed E-state index contributed by atoms with van der Waals surface area (Å²) in [6.07, 6.45) is 3.00. The molecule has 446 valence electrons. The minimum absolute atomic E-state index is 0.0280. The first-order valence-corrected chi connectivity index (χ1v) is 29.8. The number of methoxy groups -OCH3 is 4. The molecule has 0 atom stereocenters. The van der Waals surface area contributed by atoms with E-state index < -0.39 is 58.3 Å². The first-order chi connectivity index (χ1) is 41.7. The van der Waals surface area contributed by atoms with Crippen LogP contribution in [0.1, 0.15) is 0 Å². The molecule has 0 bridgehead atoms. The Hall–Kier alpha value is -10.2. The molecule has 2 heterocycles. The zero-order valence-corrected chi connectivity index (χ0v) is 48.4. The molecule has 18 nitrogen and oxygen atoms in total. The predicted molar refractivity (Wildman–Crippen MR) is 317 cm³/mol. The number of aromatic nitrogens is 2. The number of nitrogens with zero attached hydrogens (tertiary/aromatic N) is 2. The number of benzene rings is 9. The summed E-state index contributed by atoms with van der Waals surface area (Å²) in [6.45, 7) is 0. The minimum Gasteiger partial charge on any atom is -0.493 e. The number of ether oxygens (including phenoxy) is 7. The number of fused-ring (bicyclic) bond motifs is 3. The fourth-order valence-electron chi connectivity index (χ4n) is 8.46. The Morgan fingerprint density at radius 1 is 0.391 bits per heavy atom. The zero-order valence-electron chi connectivity index (χ0n) is 45.9. The van der Waals surface area contributed by atoms with E-state index in [4.69, 9.17) is 37.7 Å². The Kier molecular flexibility index (Phi) is 18.6. The Morgan fingerprint density at radius 3 is 1.43 bits per heavy atom. The van der Waals surface area contributed by atoms with E-state index in [1.54, 1.807) is 84.9 Å². The van der Waals surface area contributed by atoms with Crippen molar-refractivity contribution in [1.29, 1.82) is 0 Å². The number of nitrogens with one attached hydrogen (secondary N) is 2. The molecule has 0 spiro atoms. The third-order valence-corrected chi connectivity index (χ3v) is 16.2. The smallest absolute Gasteiger partial charge is 0.295 e. The lowest BCUT2D eigenvalue weighted by molar-refractivity contribution is 0.355. The van der Waals surface area contributed by atoms with Crippen molar-refractivity contribution in [2.45, 2.75) is 14.7 Å². The van der Waals surface area contributed by atoms with E-state index >= 15 is 4.39 Å². The van der Waals surface area contributed by atoms with Gasteiger partial charge in [0.05, 0.1) is 55.7 Å². The molecule has 0 radical (unpaired) electrons. The van der Waals surface area contributed by atoms with Gasteiger partial charge in [0.25, 0.3) is 30.2 Å². The van der Waals surface area contributed by atoms with E-state index in [2.05, 4.69) is 14.7 Å². The molecule has 0 fully saturated rings. The van der Waals surface area contributed by atoms with Gasteiger partial charge in [-0.1, -0.05) is 60.7 Å². The number of sulfonamides is 2. The largest absolute Gasteiger partial charge is 0.493 e. The van der Waals surface area contributed by atoms with E-state index in [-0.39, 0.29) is 38.4 Å². The Morgan fingerprint density at radius 2 is 0.885 bits per heavy atom. The standard InChI is InChI=1S/C29H23FN2O6S.C23H17F3N2O5S.C10H8O3S/c1-35-28-17-23-25(18-29(28)36-2)31-14-13-26(23)38-27-12-11-19(15-24(27)30)32-39(33,34)22-10-6-9-21(16-22)37-20-7-4-3-5-8-20;1-31-21-11-15-18(12-22(21)32-2)27-8-7-19(15)33-20-6-4-14(10-17(20)26)28-34(29,30)23-9-13(24)3-5-16(23)25;11-14(12,13)10-7-3-5-8-4-1-2-6-9(8)10/h3-18,32H,1-2H3;3-12,28H,1-2H3;1-7H,(H,11,12,13). The highest BCUT2D eigenvalue weighted by atomic mass is 32.2. The Balaban J connectivity index is 0.000000171. The van der Waals surface area contributed by atoms with Gasteiger partial charge in [0.15, 0.2) is 46.1 Å². The normalized spacial score (nSPS) is 11.3. The molecule has 0 amide bonds. The monoisotopic (exact) mass is 1240 g/mol. The molecule has 3 N–H and O–H groups in total. The zero-order chi connectivity index (χ0) is 62.0. The fourth-order valence-corrected chi connectivity index (χ4v) is 11.4. The molecule has 0 saturated heterocycles. The second kappa shape index (κ2) is 26.4. The average Bonchev–Trinajstić information content (AvgIpc) is 2.17. The number of halogens is 4. The van der Waals surface area contributed by atoms with Crippen molar-refractivity contribution < 1.29 is 80.5 Å². The van der Waals surface area contributed by atoms with Crippen molar-refractivity contribution >= 4 is 74.1 Å². The molecule has 11 rings (SSSR count). The van der Waals surface area contributed by atoms with Gasteiger partial charge in [-0.3, -0.25) is 24.0 Å². The van der Waals surface area contributed by atoms with Gasteiger partial charge in [-0.25, -0.2) is 34.4 Å². The summed E-state index contributed by atoms with van der Waals surface area (Å²) >= 11 is 0. The lowest BCUT2D eigenvalue weighted by Gasteiger charge is -2.14. The summed E-state index contributed by atoms with van der Waals surface area (Å²) < 4.78 is 182. The lowest BCUT2D eigenvalue weighted by Crippen LogP contribution is -2.15. The van der Waals surface area contributed by atoms with E-state index in [1.165, 1.54) is 89.4 Å². The third kappa shape index (κ3) is 14.7. The second-order valence-corrected chi connectivity index (χ2v) is 22.9. The molecule has 2 aromatic heterocycles. The van der Waals surface area contributed by atoms with Crippen LogP contribution in [0.15, 0.2) is 215 Å². The van der Waals surface area contributed by atoms with Crippen LogP contribution in [-0.4, -0.2) is 68.2 Å². The van der Waals surface area contributed by atoms with Crippen LogP contribution in [0.2, 0.25) is 0 Å². The number of hydrogen-bond donors (Lipinski definition) is 3. The van der Waals surface area contributed by atoms with Gasteiger partial charge in [-0.2, -0.15) is 8.42 Å². The van der Waals surface area contributed by atoms with Crippen LogP contribution in [0.5, 0.6) is 57.5 Å². The van der Waals surface area contributed by atoms with Crippen molar-refractivity contribution in [2.24, 2.45) is 0 Å². The maximum atomic E-state index is 15.0. The van der Waals surface area contributed by atoms with Crippen molar-refractivity contribution in [3.63, 3.8) is 0 Å². The minimum atomic E-state index is -4.50. The van der Waals surface area contributed by atoms with Gasteiger partial charge in [0, 0.05) is 58.9 Å². The van der Waals surface area contributed by atoms with Crippen LogP contribution >= 0.6 is 0 Å². The van der Waals surface area contributed by atoms with Crippen LogP contribution in [0.3, 0.4) is 0 Å². The van der Waals surface area contributed by atoms with Crippen LogP contribution in [0, 0.1) is 23.3 Å². The molecule has 87 heavy (non-hydrogen) atoms. The third-order valence-electron chi connectivity index (χ3n) is 12.5. The number of hydrogen-bond acceptors (Lipinski definition) is 15. The summed E-state index contributed by atoms with van der Waals surface area (Å²) in [5.41, 5.74) is 0.894. The Labute approximate surface area is 495 Å². The average molecular weight is 1250 g/mol. The van der Waals surface area contributed by atoms with Crippen LogP contribution < -0.4 is 42.6 Å². The SMILES string of the molecule is COc1cc2nccc(Oc3ccc(NS(=O)(=O)c4cc(F)ccc4F)cc3F)c2cc1OC.COc1cc2nccc(Oc3ccc(NS(=O)(=O)c4cccc(Oc5ccccc5)c4)cc3F)c2cc1OC.O=S(=O)(O)c1cccc2ccccc12. The van der Waals surface area contributed by atoms with Gasteiger partial charge in [-0.05, 0) is 102 Å². The highest BCUT2D eigenvalue weighted by Crippen LogP contribution is 2.40. The van der Waals surface area contributed by atoms with Gasteiger partial charge in [-0.15, -0.1) is 0 Å². The Bertz CT molecular complexity index is 4700. The molecule has 11 aromatic rings. The molecule has 0 saturated carbocycles. The molecule has 0 aliphatic rings. The van der Waals surface area contributed by atoms with E-state index in [1.807, 2.05) is 29.0 Å². The number of anilines is 2. The molecule has 0 aliphatic carbocycles. The van der Waals surface area contributed by atoms with Gasteiger partial charge < -0.3 is 33.2 Å². The molecule has 9 aromatic carbocycles. The lowest BCUT2D eigenvalue weighted by atomic mass is 10.1. The highest BCUT2D eigenvalue weighted by Gasteiger charge is 2.23. The number of rotatable bonds is 17. The molecule has 0 unspecified atom stereocenters. The summed E-state index contributed by atoms with van der Waals surface area (Å²) in [6, 6.07) is 45.6. The first-order valence-electron chi connectivity index (χ1n) is 25.4. The van der Waals surface area contributed by atoms with Gasteiger partial charge in [0.2, 0.25) is 0 Å². The number of pyridine rings is 2. The van der Waals surface area contributed by atoms with Crippen LogP contribution in [0.25, 0.3) is 32.6 Å². The van der Waals surface area contributed by atoms with Crippen LogP contribution in [0.4, 0.5) is 28.9 Å². The van der Waals surface area contributed by atoms with Gasteiger partial charge in [0.1, 0.15) is 44.4 Å². The summed E-state index contributed by atoms with van der Waals surface area (Å²) in [4.78, 5) is 7.57. The quantitative estimate of drug-likeness (QED) is 0.0567. The summed E-state index contributed by atoms with van der Waals surface area (Å²) in [5.74, 6) is -0.700. The topological polar surface area (TPSA) is 237 Å². The molecular formula is C62H48F4N4O14S3. The molecular weight excluding hydrogens is 1200 g/mol. The van der Waals surface area contributed by atoms with Crippen molar-refractivity contribution in [1.82, 2.24) is 9.97 Å². The van der Waals surface area contributed by atoms with Crippen LogP contribution in [-0.2, 0) is 30.2 Å². The molecule has 25 heteroatoms. The predicted octanol–water partition coefficient (Wildman–Crippen LogP) is 14.1. The van der Waals surface area contributed by atoms with E-state index in [0.717, 1.165) is 23.6 Å². The van der Waals surface area contributed by atoms with E-state index in [9.17, 15) is 38.4 Å². The van der Waals surface area contributed by atoms with Gasteiger partial charge >= 0.3 is 0 Å². The summed E-state index contributed by atoms with van der Waals surface area (Å²) in [5, 5.41) is 2.43. The van der Waals surface area contributed by atoms with Crippen molar-refractivity contribution in [2.75, 3.05) is 37.9 Å². The maximum Gasteiger partial charge on any atom is 0.295 e. The van der Waals surface area contributed by atoms with Crippen molar-refractivity contribution in [3.05, 3.63) is 224 Å². The first kappa shape index (κ1) is 61.4. The second-order valence-electron chi connectivity index (χ2n) is 18.2. The highest BCUT2D eigenvalue weighted by molar-refractivity contribution is 7.93.